The van der Waals surface area contributed by atoms with E-state index in [2.05, 4.69) is 62.5 Å². The van der Waals surface area contributed by atoms with Gasteiger partial charge < -0.3 is 10.6 Å². The van der Waals surface area contributed by atoms with Gasteiger partial charge in [-0.25, -0.2) is 4.98 Å². The molecule has 2 amide bonds. The maximum Gasteiger partial charge on any atom is 0.220 e. The lowest BCUT2D eigenvalue weighted by Gasteiger charge is -2.07. The Kier molecular flexibility index (Phi) is 11.4. The van der Waals surface area contributed by atoms with E-state index in [0.29, 0.717) is 25.9 Å². The standard InChI is InChI=1S/C20H24IN3O2S2/c21-17-9-7-16(8-10-17)4-3-5-18(25)22-13-14-23-19(26)11-15-27-28-20-6-1-2-12-24-20/h1-2,6-10,12H,3-5,11,13-15H2,(H,22,25)(H,23,26). The van der Waals surface area contributed by atoms with Gasteiger partial charge in [-0.3, -0.25) is 9.59 Å². The second-order valence-corrected chi connectivity index (χ2v) is 9.68. The Morgan fingerprint density at radius 1 is 0.964 bits per heavy atom. The van der Waals surface area contributed by atoms with Crippen molar-refractivity contribution in [2.75, 3.05) is 18.8 Å². The molecule has 0 fully saturated rings. The van der Waals surface area contributed by atoms with Crippen LogP contribution in [0.5, 0.6) is 0 Å². The Hall–Kier alpha value is -1.26. The normalized spacial score (nSPS) is 10.5. The van der Waals surface area contributed by atoms with Crippen molar-refractivity contribution in [2.24, 2.45) is 0 Å². The second kappa shape index (κ2) is 13.8. The van der Waals surface area contributed by atoms with Crippen LogP contribution in [-0.2, 0) is 16.0 Å². The number of rotatable bonds is 12. The fraction of sp³-hybridized carbons (Fsp3) is 0.350. The van der Waals surface area contributed by atoms with Crippen molar-refractivity contribution in [3.63, 3.8) is 0 Å². The summed E-state index contributed by atoms with van der Waals surface area (Å²) in [5, 5.41) is 6.62. The number of nitrogens with zero attached hydrogens (tertiary/aromatic N) is 1. The van der Waals surface area contributed by atoms with E-state index in [1.165, 1.54) is 9.13 Å². The minimum atomic E-state index is 0.00193. The second-order valence-electron chi connectivity index (χ2n) is 6.00. The third-order valence-electron chi connectivity index (χ3n) is 3.75. The van der Waals surface area contributed by atoms with Crippen LogP contribution in [0.4, 0.5) is 0 Å². The molecule has 2 N–H and O–H groups in total. The Balaban J connectivity index is 1.44. The van der Waals surface area contributed by atoms with Crippen LogP contribution in [0.15, 0.2) is 53.7 Å². The molecule has 2 aromatic rings. The number of aryl methyl sites for hydroxylation is 1. The smallest absolute Gasteiger partial charge is 0.220 e. The summed E-state index contributed by atoms with van der Waals surface area (Å²) in [7, 11) is 3.18. The van der Waals surface area contributed by atoms with E-state index in [1.807, 2.05) is 18.2 Å². The number of nitrogens with one attached hydrogen (secondary N) is 2. The number of hydrogen-bond acceptors (Lipinski definition) is 5. The van der Waals surface area contributed by atoms with Gasteiger partial charge in [0, 0.05) is 41.5 Å². The third kappa shape index (κ3) is 10.3. The van der Waals surface area contributed by atoms with Crippen molar-refractivity contribution >= 4 is 56.0 Å². The maximum atomic E-state index is 11.8. The van der Waals surface area contributed by atoms with Crippen LogP contribution in [0.25, 0.3) is 0 Å². The minimum Gasteiger partial charge on any atom is -0.354 e. The molecular weight excluding hydrogens is 505 g/mol. The van der Waals surface area contributed by atoms with Gasteiger partial charge in [-0.05, 0) is 76.1 Å². The first kappa shape index (κ1) is 23.0. The van der Waals surface area contributed by atoms with Crippen LogP contribution < -0.4 is 10.6 Å². The SMILES string of the molecule is O=C(CCCc1ccc(I)cc1)NCCNC(=O)CCSSc1ccccn1. The zero-order chi connectivity index (χ0) is 20.0. The Morgan fingerprint density at radius 2 is 1.68 bits per heavy atom. The molecule has 0 aliphatic rings. The molecule has 0 atom stereocenters. The number of amides is 2. The summed E-state index contributed by atoms with van der Waals surface area (Å²) < 4.78 is 1.21. The summed E-state index contributed by atoms with van der Waals surface area (Å²) in [6, 6.07) is 14.1. The van der Waals surface area contributed by atoms with Crippen molar-refractivity contribution in [1.29, 1.82) is 0 Å². The van der Waals surface area contributed by atoms with Gasteiger partial charge in [0.25, 0.3) is 0 Å². The molecule has 0 unspecified atom stereocenters. The van der Waals surface area contributed by atoms with E-state index in [0.717, 1.165) is 23.6 Å². The summed E-state index contributed by atoms with van der Waals surface area (Å²) in [6.45, 7) is 0.920. The van der Waals surface area contributed by atoms with Crippen molar-refractivity contribution in [3.8, 4) is 0 Å². The van der Waals surface area contributed by atoms with Gasteiger partial charge in [-0.1, -0.05) is 29.0 Å². The molecule has 0 aliphatic carbocycles. The van der Waals surface area contributed by atoms with E-state index in [4.69, 9.17) is 0 Å². The van der Waals surface area contributed by atoms with Gasteiger partial charge in [0.1, 0.15) is 5.03 Å². The maximum absolute atomic E-state index is 11.8. The molecule has 0 bridgehead atoms. The predicted molar refractivity (Wildman–Crippen MR) is 125 cm³/mol. The van der Waals surface area contributed by atoms with Crippen molar-refractivity contribution in [3.05, 3.63) is 57.8 Å². The summed E-state index contributed by atoms with van der Waals surface area (Å²) >= 11 is 2.28. The first-order chi connectivity index (χ1) is 13.6. The number of benzene rings is 1. The largest absolute Gasteiger partial charge is 0.354 e. The Bertz CT molecular complexity index is 730. The summed E-state index contributed by atoms with van der Waals surface area (Å²) in [5.74, 6) is 0.752. The highest BCUT2D eigenvalue weighted by Crippen LogP contribution is 2.29. The Labute approximate surface area is 187 Å². The molecule has 5 nitrogen and oxygen atoms in total. The molecule has 1 heterocycles. The summed E-state index contributed by atoms with van der Waals surface area (Å²) in [5.41, 5.74) is 1.25. The molecule has 150 valence electrons. The molecule has 1 aromatic heterocycles. The van der Waals surface area contributed by atoms with Gasteiger partial charge in [0.15, 0.2) is 0 Å². The van der Waals surface area contributed by atoms with Crippen LogP contribution >= 0.6 is 44.2 Å². The van der Waals surface area contributed by atoms with Crippen LogP contribution in [0.2, 0.25) is 0 Å². The summed E-state index contributed by atoms with van der Waals surface area (Å²) in [4.78, 5) is 27.8. The molecule has 2 rings (SSSR count). The predicted octanol–water partition coefficient (Wildman–Crippen LogP) is 4.07. The fourth-order valence-electron chi connectivity index (χ4n) is 2.32. The van der Waals surface area contributed by atoms with E-state index < -0.39 is 0 Å². The Morgan fingerprint density at radius 3 is 2.36 bits per heavy atom. The van der Waals surface area contributed by atoms with Crippen molar-refractivity contribution in [2.45, 2.75) is 30.7 Å². The number of carbonyl (C=O) groups excluding carboxylic acids is 2. The highest BCUT2D eigenvalue weighted by Gasteiger charge is 2.04. The minimum absolute atomic E-state index is 0.00193. The van der Waals surface area contributed by atoms with E-state index in [1.54, 1.807) is 27.8 Å². The van der Waals surface area contributed by atoms with Crippen LogP contribution in [0.3, 0.4) is 0 Å². The number of halogens is 1. The van der Waals surface area contributed by atoms with Crippen molar-refractivity contribution in [1.82, 2.24) is 15.6 Å². The number of aromatic nitrogens is 1. The van der Waals surface area contributed by atoms with Crippen LogP contribution in [0, 0.1) is 3.57 Å². The van der Waals surface area contributed by atoms with Gasteiger partial charge in [-0.15, -0.1) is 0 Å². The van der Waals surface area contributed by atoms with Gasteiger partial charge >= 0.3 is 0 Å². The number of pyridine rings is 1. The number of carbonyl (C=O) groups is 2. The van der Waals surface area contributed by atoms with Gasteiger partial charge in [-0.2, -0.15) is 0 Å². The molecule has 0 saturated heterocycles. The first-order valence-corrected chi connectivity index (χ1v) is 12.5. The lowest BCUT2D eigenvalue weighted by Crippen LogP contribution is -2.34. The van der Waals surface area contributed by atoms with Gasteiger partial charge in [0.2, 0.25) is 11.8 Å². The highest BCUT2D eigenvalue weighted by atomic mass is 127. The molecule has 0 saturated carbocycles. The lowest BCUT2D eigenvalue weighted by molar-refractivity contribution is -0.122. The molecule has 28 heavy (non-hydrogen) atoms. The third-order valence-corrected chi connectivity index (χ3v) is 6.73. The first-order valence-electron chi connectivity index (χ1n) is 9.12. The van der Waals surface area contributed by atoms with Crippen LogP contribution in [-0.4, -0.2) is 35.6 Å². The molecule has 0 radical (unpaired) electrons. The summed E-state index contributed by atoms with van der Waals surface area (Å²) in [6.07, 6.45) is 4.43. The average molecular weight is 529 g/mol. The van der Waals surface area contributed by atoms with E-state index in [-0.39, 0.29) is 11.8 Å². The zero-order valence-electron chi connectivity index (χ0n) is 15.5. The molecular formula is C20H24IN3O2S2. The van der Waals surface area contributed by atoms with Gasteiger partial charge in [0.05, 0.1) is 0 Å². The van der Waals surface area contributed by atoms with E-state index >= 15 is 0 Å². The molecule has 0 spiro atoms. The molecule has 8 heteroatoms. The van der Waals surface area contributed by atoms with Crippen LogP contribution in [0.1, 0.15) is 24.8 Å². The monoisotopic (exact) mass is 529 g/mol. The molecule has 0 aliphatic heterocycles. The fourth-order valence-corrected chi connectivity index (χ4v) is 4.55. The highest BCUT2D eigenvalue weighted by molar-refractivity contribution is 14.1. The molecule has 1 aromatic carbocycles. The quantitative estimate of drug-likeness (QED) is 0.247. The van der Waals surface area contributed by atoms with E-state index in [9.17, 15) is 9.59 Å². The van der Waals surface area contributed by atoms with Crippen molar-refractivity contribution < 1.29 is 9.59 Å². The lowest BCUT2D eigenvalue weighted by atomic mass is 10.1. The topological polar surface area (TPSA) is 71.1 Å². The number of hydrogen-bond donors (Lipinski definition) is 2. The zero-order valence-corrected chi connectivity index (χ0v) is 19.3. The average Bonchev–Trinajstić information content (AvgIpc) is 2.71.